The van der Waals surface area contributed by atoms with Gasteiger partial charge < -0.3 is 11.1 Å². The fourth-order valence-electron chi connectivity index (χ4n) is 3.27. The lowest BCUT2D eigenvalue weighted by Gasteiger charge is -2.15. The maximum Gasteiger partial charge on any atom is 0.239 e. The second-order valence-electron chi connectivity index (χ2n) is 6.90. The molecule has 1 amide bonds. The van der Waals surface area contributed by atoms with Crippen LogP contribution in [-0.2, 0) is 14.6 Å². The molecule has 0 spiro atoms. The average molecular weight is 424 g/mol. The maximum absolute atomic E-state index is 12.2. The minimum Gasteiger partial charge on any atom is -0.368 e. The van der Waals surface area contributed by atoms with Gasteiger partial charge in [-0.25, -0.2) is 18.4 Å². The van der Waals surface area contributed by atoms with Gasteiger partial charge >= 0.3 is 0 Å². The second-order valence-corrected chi connectivity index (χ2v) is 8.88. The number of para-hydroxylation sites is 1. The van der Waals surface area contributed by atoms with Crippen molar-refractivity contribution in [1.29, 1.82) is 0 Å². The SMILES string of the molecule is CCC(Nc1nc2ccccc2c2nc(-c3ccccc3S(C)(=O)=O)nn12)C(N)=O. The van der Waals surface area contributed by atoms with Crippen molar-refractivity contribution in [2.75, 3.05) is 11.6 Å². The van der Waals surface area contributed by atoms with Crippen molar-refractivity contribution >= 4 is 38.2 Å². The largest absolute Gasteiger partial charge is 0.368 e. The number of fused-ring (bicyclic) bond motifs is 3. The smallest absolute Gasteiger partial charge is 0.239 e. The first-order valence-electron chi connectivity index (χ1n) is 9.30. The molecule has 0 saturated carbocycles. The van der Waals surface area contributed by atoms with Gasteiger partial charge in [-0.3, -0.25) is 4.79 Å². The number of aromatic nitrogens is 4. The maximum atomic E-state index is 12.2. The number of nitrogens with zero attached hydrogens (tertiary/aromatic N) is 4. The monoisotopic (exact) mass is 424 g/mol. The van der Waals surface area contributed by atoms with Crippen molar-refractivity contribution in [2.24, 2.45) is 5.73 Å². The Bertz CT molecular complexity index is 1380. The van der Waals surface area contributed by atoms with Gasteiger partial charge in [0.25, 0.3) is 0 Å². The molecule has 9 nitrogen and oxygen atoms in total. The lowest BCUT2D eigenvalue weighted by atomic mass is 10.2. The zero-order valence-electron chi connectivity index (χ0n) is 16.4. The third kappa shape index (κ3) is 3.45. The number of hydrogen-bond donors (Lipinski definition) is 2. The molecule has 4 aromatic rings. The van der Waals surface area contributed by atoms with Crippen LogP contribution in [0.1, 0.15) is 13.3 Å². The summed E-state index contributed by atoms with van der Waals surface area (Å²) in [6.45, 7) is 1.83. The number of carbonyl (C=O) groups excluding carboxylic acids is 1. The van der Waals surface area contributed by atoms with Crippen LogP contribution >= 0.6 is 0 Å². The summed E-state index contributed by atoms with van der Waals surface area (Å²) < 4.78 is 26.0. The van der Waals surface area contributed by atoms with Crippen molar-refractivity contribution < 1.29 is 13.2 Å². The Hall–Kier alpha value is -3.53. The van der Waals surface area contributed by atoms with Crippen LogP contribution in [-0.4, -0.2) is 46.2 Å². The minimum absolute atomic E-state index is 0.135. The Morgan fingerprint density at radius 1 is 1.13 bits per heavy atom. The summed E-state index contributed by atoms with van der Waals surface area (Å²) in [4.78, 5) is 21.1. The summed E-state index contributed by atoms with van der Waals surface area (Å²) in [5.74, 6) is 0.0256. The summed E-state index contributed by atoms with van der Waals surface area (Å²) in [5, 5.41) is 8.29. The molecular formula is C20H20N6O3S. The normalized spacial score (nSPS) is 12.9. The molecule has 0 bridgehead atoms. The average Bonchev–Trinajstić information content (AvgIpc) is 3.17. The molecule has 0 fully saturated rings. The molecular weight excluding hydrogens is 404 g/mol. The number of primary amides is 1. The fraction of sp³-hybridized carbons (Fsp3) is 0.200. The van der Waals surface area contributed by atoms with E-state index in [1.165, 1.54) is 10.6 Å². The molecule has 1 unspecified atom stereocenters. The number of rotatable bonds is 6. The van der Waals surface area contributed by atoms with Crippen LogP contribution < -0.4 is 11.1 Å². The summed E-state index contributed by atoms with van der Waals surface area (Å²) in [5.41, 5.74) is 7.01. The van der Waals surface area contributed by atoms with Gasteiger partial charge in [-0.1, -0.05) is 31.2 Å². The van der Waals surface area contributed by atoms with E-state index in [0.29, 0.717) is 29.1 Å². The highest BCUT2D eigenvalue weighted by atomic mass is 32.2. The van der Waals surface area contributed by atoms with Crippen LogP contribution in [0.4, 0.5) is 5.95 Å². The molecule has 3 N–H and O–H groups in total. The van der Waals surface area contributed by atoms with Gasteiger partial charge in [0.05, 0.1) is 10.4 Å². The van der Waals surface area contributed by atoms with Gasteiger partial charge in [-0.2, -0.15) is 4.52 Å². The zero-order valence-corrected chi connectivity index (χ0v) is 17.2. The van der Waals surface area contributed by atoms with Crippen molar-refractivity contribution in [3.05, 3.63) is 48.5 Å². The minimum atomic E-state index is -3.49. The van der Waals surface area contributed by atoms with Gasteiger partial charge in [-0.05, 0) is 30.7 Å². The van der Waals surface area contributed by atoms with E-state index in [0.717, 1.165) is 11.6 Å². The predicted molar refractivity (Wildman–Crippen MR) is 114 cm³/mol. The third-order valence-electron chi connectivity index (χ3n) is 4.76. The first-order chi connectivity index (χ1) is 14.3. The predicted octanol–water partition coefficient (Wildman–Crippen LogP) is 2.02. The second kappa shape index (κ2) is 7.38. The molecule has 30 heavy (non-hydrogen) atoms. The van der Waals surface area contributed by atoms with Gasteiger partial charge in [0.15, 0.2) is 21.3 Å². The molecule has 1 atom stereocenters. The van der Waals surface area contributed by atoms with Crippen LogP contribution in [0.15, 0.2) is 53.4 Å². The lowest BCUT2D eigenvalue weighted by molar-refractivity contribution is -0.118. The van der Waals surface area contributed by atoms with Gasteiger partial charge in [-0.15, -0.1) is 5.10 Å². The number of hydrogen-bond acceptors (Lipinski definition) is 7. The van der Waals surface area contributed by atoms with E-state index in [4.69, 9.17) is 5.73 Å². The molecule has 2 heterocycles. The molecule has 154 valence electrons. The van der Waals surface area contributed by atoms with Gasteiger partial charge in [0.2, 0.25) is 11.9 Å². The van der Waals surface area contributed by atoms with E-state index in [-0.39, 0.29) is 10.7 Å². The van der Waals surface area contributed by atoms with Crippen LogP contribution in [0.2, 0.25) is 0 Å². The number of nitrogens with one attached hydrogen (secondary N) is 1. The zero-order chi connectivity index (χ0) is 21.5. The number of carbonyl (C=O) groups is 1. The molecule has 2 aromatic carbocycles. The van der Waals surface area contributed by atoms with Crippen LogP contribution in [0.3, 0.4) is 0 Å². The molecule has 0 aliphatic heterocycles. The highest BCUT2D eigenvalue weighted by Gasteiger charge is 2.21. The van der Waals surface area contributed by atoms with Gasteiger partial charge in [0, 0.05) is 17.2 Å². The van der Waals surface area contributed by atoms with Gasteiger partial charge in [0.1, 0.15) is 6.04 Å². The summed E-state index contributed by atoms with van der Waals surface area (Å²) >= 11 is 0. The molecule has 2 aromatic heterocycles. The standard InChI is InChI=1S/C20H20N6O3S/c1-3-14(17(21)27)22-20-23-15-10-6-4-8-12(15)19-24-18(25-26(19)20)13-9-5-7-11-16(13)30(2,28)29/h4-11,14H,3H2,1-2H3,(H2,21,27)(H,22,23). The molecule has 0 aliphatic carbocycles. The third-order valence-corrected chi connectivity index (χ3v) is 5.92. The van der Waals surface area contributed by atoms with E-state index in [9.17, 15) is 13.2 Å². The first kappa shape index (κ1) is 19.8. The fourth-order valence-corrected chi connectivity index (χ4v) is 4.15. The first-order valence-corrected chi connectivity index (χ1v) is 11.2. The van der Waals surface area contributed by atoms with Crippen molar-refractivity contribution in [2.45, 2.75) is 24.3 Å². The number of benzene rings is 2. The van der Waals surface area contributed by atoms with E-state index in [1.807, 2.05) is 31.2 Å². The van der Waals surface area contributed by atoms with E-state index in [2.05, 4.69) is 20.4 Å². The van der Waals surface area contributed by atoms with Crippen molar-refractivity contribution in [3.63, 3.8) is 0 Å². The Morgan fingerprint density at radius 3 is 2.53 bits per heavy atom. The van der Waals surface area contributed by atoms with Crippen LogP contribution in [0.25, 0.3) is 27.9 Å². The highest BCUT2D eigenvalue weighted by molar-refractivity contribution is 7.90. The Morgan fingerprint density at radius 2 is 1.83 bits per heavy atom. The van der Waals surface area contributed by atoms with E-state index in [1.54, 1.807) is 18.2 Å². The van der Waals surface area contributed by atoms with E-state index >= 15 is 0 Å². The van der Waals surface area contributed by atoms with Crippen molar-refractivity contribution in [3.8, 4) is 11.4 Å². The van der Waals surface area contributed by atoms with Crippen molar-refractivity contribution in [1.82, 2.24) is 19.6 Å². The molecule has 0 aliphatic rings. The number of sulfone groups is 1. The molecule has 0 saturated heterocycles. The topological polar surface area (TPSA) is 132 Å². The summed E-state index contributed by atoms with van der Waals surface area (Å²) in [6.07, 6.45) is 1.61. The Kier molecular flexibility index (Phi) is 4.86. The molecule has 10 heteroatoms. The quantitative estimate of drug-likeness (QED) is 0.484. The molecule has 0 radical (unpaired) electrons. The Labute approximate surface area is 172 Å². The number of nitrogens with two attached hydrogens (primary N) is 1. The van der Waals surface area contributed by atoms with Crippen LogP contribution in [0, 0.1) is 0 Å². The lowest BCUT2D eigenvalue weighted by Crippen LogP contribution is -2.35. The summed E-state index contributed by atoms with van der Waals surface area (Å²) in [7, 11) is -3.49. The summed E-state index contributed by atoms with van der Waals surface area (Å²) in [6, 6.07) is 13.3. The number of anilines is 1. The number of amides is 1. The van der Waals surface area contributed by atoms with E-state index < -0.39 is 21.8 Å². The van der Waals surface area contributed by atoms with Crippen LogP contribution in [0.5, 0.6) is 0 Å². The molecule has 4 rings (SSSR count). The highest BCUT2D eigenvalue weighted by Crippen LogP contribution is 2.28. The Balaban J connectivity index is 2.00.